The number of hydrogen-bond donors (Lipinski definition) is 2. The quantitative estimate of drug-likeness (QED) is 0.353. The van der Waals surface area contributed by atoms with Crippen LogP contribution in [0.15, 0.2) is 29.3 Å². The van der Waals surface area contributed by atoms with Gasteiger partial charge in [-0.1, -0.05) is 18.2 Å². The van der Waals surface area contributed by atoms with Crippen LogP contribution in [0.3, 0.4) is 0 Å². The fraction of sp³-hybridized carbons (Fsp3) is 0.556. The zero-order valence-electron chi connectivity index (χ0n) is 16.2. The summed E-state index contributed by atoms with van der Waals surface area (Å²) in [5.41, 5.74) is 0.0802. The highest BCUT2D eigenvalue weighted by atomic mass is 16.6. The molecular formula is C18H27N5O4. The number of para-hydroxylation sites is 1. The first kappa shape index (κ1) is 20.5. The number of hydrogen-bond acceptors (Lipinski definition) is 5. The van der Waals surface area contributed by atoms with E-state index in [0.29, 0.717) is 31.2 Å². The number of benzene rings is 1. The van der Waals surface area contributed by atoms with Crippen LogP contribution in [0, 0.1) is 10.1 Å². The van der Waals surface area contributed by atoms with Crippen molar-refractivity contribution in [3.63, 3.8) is 0 Å². The lowest BCUT2D eigenvalue weighted by atomic mass is 10.1. The number of amides is 1. The van der Waals surface area contributed by atoms with E-state index in [1.165, 1.54) is 6.07 Å². The van der Waals surface area contributed by atoms with Gasteiger partial charge in [0, 0.05) is 25.7 Å². The van der Waals surface area contributed by atoms with Crippen molar-refractivity contribution in [3.05, 3.63) is 39.9 Å². The molecule has 1 amide bonds. The van der Waals surface area contributed by atoms with E-state index in [9.17, 15) is 14.9 Å². The number of nitrogens with one attached hydrogen (secondary N) is 2. The average Bonchev–Trinajstić information content (AvgIpc) is 2.53. The predicted octanol–water partition coefficient (Wildman–Crippen LogP) is 2.27. The summed E-state index contributed by atoms with van der Waals surface area (Å²) < 4.78 is 5.33. The summed E-state index contributed by atoms with van der Waals surface area (Å²) in [5, 5.41) is 17.5. The Morgan fingerprint density at radius 3 is 2.63 bits per heavy atom. The molecule has 0 saturated carbocycles. The van der Waals surface area contributed by atoms with Gasteiger partial charge in [-0.05, 0) is 27.7 Å². The Labute approximate surface area is 158 Å². The number of nitro benzene ring substituents is 1. The molecule has 1 heterocycles. The minimum Gasteiger partial charge on any atom is -0.444 e. The molecule has 0 unspecified atom stereocenters. The van der Waals surface area contributed by atoms with Gasteiger partial charge < -0.3 is 20.3 Å². The number of ether oxygens (including phenoxy) is 1. The molecule has 2 N–H and O–H groups in total. The van der Waals surface area contributed by atoms with Crippen LogP contribution < -0.4 is 10.6 Å². The molecule has 0 atom stereocenters. The highest BCUT2D eigenvalue weighted by Crippen LogP contribution is 2.18. The summed E-state index contributed by atoms with van der Waals surface area (Å²) in [6, 6.07) is 6.60. The molecule has 1 aromatic rings. The van der Waals surface area contributed by atoms with Crippen molar-refractivity contribution in [1.29, 1.82) is 0 Å². The molecule has 148 valence electrons. The van der Waals surface area contributed by atoms with Crippen molar-refractivity contribution >= 4 is 17.7 Å². The molecule has 0 spiro atoms. The second-order valence-corrected chi connectivity index (χ2v) is 7.31. The predicted molar refractivity (Wildman–Crippen MR) is 103 cm³/mol. The minimum absolute atomic E-state index is 0.0526. The highest BCUT2D eigenvalue weighted by Gasteiger charge is 2.34. The van der Waals surface area contributed by atoms with Crippen molar-refractivity contribution < 1.29 is 14.5 Å². The number of carbonyl (C=O) groups excluding carboxylic acids is 1. The van der Waals surface area contributed by atoms with Gasteiger partial charge in [-0.25, -0.2) is 9.79 Å². The maximum absolute atomic E-state index is 12.0. The number of likely N-dealkylation sites (tertiary alicyclic amines) is 1. The molecule has 9 heteroatoms. The van der Waals surface area contributed by atoms with Crippen molar-refractivity contribution in [2.75, 3.05) is 19.6 Å². The molecule has 2 rings (SSSR count). The Bertz CT molecular complexity index is 708. The summed E-state index contributed by atoms with van der Waals surface area (Å²) in [4.78, 5) is 28.7. The number of nitro groups is 1. The Morgan fingerprint density at radius 2 is 2.04 bits per heavy atom. The van der Waals surface area contributed by atoms with Gasteiger partial charge in [0.05, 0.1) is 23.1 Å². The van der Waals surface area contributed by atoms with Gasteiger partial charge in [0.2, 0.25) is 0 Å². The van der Waals surface area contributed by atoms with Gasteiger partial charge in [0.15, 0.2) is 5.96 Å². The number of aliphatic imine (C=N–C) groups is 1. The summed E-state index contributed by atoms with van der Waals surface area (Å²) in [6.07, 6.45) is -0.331. The van der Waals surface area contributed by atoms with Crippen molar-refractivity contribution in [2.24, 2.45) is 4.99 Å². The number of carbonyl (C=O) groups is 1. The topological polar surface area (TPSA) is 109 Å². The maximum atomic E-state index is 12.0. The normalized spacial score (nSPS) is 15.1. The lowest BCUT2D eigenvalue weighted by Gasteiger charge is -2.40. The van der Waals surface area contributed by atoms with Gasteiger partial charge in [-0.15, -0.1) is 0 Å². The van der Waals surface area contributed by atoms with Crippen LogP contribution in [0.2, 0.25) is 0 Å². The van der Waals surface area contributed by atoms with E-state index < -0.39 is 10.5 Å². The van der Waals surface area contributed by atoms with Crippen molar-refractivity contribution in [3.8, 4) is 0 Å². The molecule has 0 bridgehead atoms. The first-order valence-electron chi connectivity index (χ1n) is 8.94. The van der Waals surface area contributed by atoms with Gasteiger partial charge in [-0.2, -0.15) is 0 Å². The zero-order valence-corrected chi connectivity index (χ0v) is 16.2. The second-order valence-electron chi connectivity index (χ2n) is 7.31. The summed E-state index contributed by atoms with van der Waals surface area (Å²) in [5.74, 6) is 0.560. The third-order valence-electron chi connectivity index (χ3n) is 3.81. The third kappa shape index (κ3) is 6.12. The first-order chi connectivity index (χ1) is 12.7. The SMILES string of the molecule is CCNC(=NCc1ccccc1[N+](=O)[O-])NC1CN(C(=O)OC(C)(C)C)C1. The monoisotopic (exact) mass is 377 g/mol. The largest absolute Gasteiger partial charge is 0.444 e. The van der Waals surface area contributed by atoms with E-state index >= 15 is 0 Å². The first-order valence-corrected chi connectivity index (χ1v) is 8.94. The lowest BCUT2D eigenvalue weighted by Crippen LogP contribution is -2.63. The highest BCUT2D eigenvalue weighted by molar-refractivity contribution is 5.80. The van der Waals surface area contributed by atoms with Crippen molar-refractivity contribution in [2.45, 2.75) is 45.9 Å². The van der Waals surface area contributed by atoms with Gasteiger partial charge in [0.1, 0.15) is 5.60 Å². The number of nitrogens with zero attached hydrogens (tertiary/aromatic N) is 3. The molecular weight excluding hydrogens is 350 g/mol. The summed E-state index contributed by atoms with van der Waals surface area (Å²) >= 11 is 0. The molecule has 9 nitrogen and oxygen atoms in total. The fourth-order valence-electron chi connectivity index (χ4n) is 2.55. The lowest BCUT2D eigenvalue weighted by molar-refractivity contribution is -0.385. The Kier molecular flexibility index (Phi) is 6.59. The van der Waals surface area contributed by atoms with E-state index in [4.69, 9.17) is 4.74 Å². The van der Waals surface area contributed by atoms with Crippen LogP contribution in [0.25, 0.3) is 0 Å². The zero-order chi connectivity index (χ0) is 20.0. The molecule has 27 heavy (non-hydrogen) atoms. The number of rotatable bonds is 5. The Balaban J connectivity index is 1.92. The third-order valence-corrected chi connectivity index (χ3v) is 3.81. The van der Waals surface area contributed by atoms with Crippen LogP contribution in [0.1, 0.15) is 33.3 Å². The van der Waals surface area contributed by atoms with Crippen molar-refractivity contribution in [1.82, 2.24) is 15.5 Å². The Morgan fingerprint density at radius 1 is 1.37 bits per heavy atom. The van der Waals surface area contributed by atoms with Crippen LogP contribution in [-0.2, 0) is 11.3 Å². The standard InChI is InChI=1S/C18H27N5O4/c1-5-19-16(20-10-13-8-6-7-9-15(13)23(25)26)21-14-11-22(12-14)17(24)27-18(2,3)4/h6-9,14H,5,10-12H2,1-4H3,(H2,19,20,21). The number of guanidine groups is 1. The van der Waals surface area contributed by atoms with Crippen LogP contribution in [0.5, 0.6) is 0 Å². The fourth-order valence-corrected chi connectivity index (χ4v) is 2.55. The van der Waals surface area contributed by atoms with Gasteiger partial charge in [0.25, 0.3) is 5.69 Å². The summed E-state index contributed by atoms with van der Waals surface area (Å²) in [7, 11) is 0. The molecule has 0 aromatic heterocycles. The molecule has 1 aliphatic rings. The van der Waals surface area contributed by atoms with E-state index in [1.807, 2.05) is 27.7 Å². The molecule has 1 aromatic carbocycles. The van der Waals surface area contributed by atoms with E-state index in [-0.39, 0.29) is 24.4 Å². The van der Waals surface area contributed by atoms with E-state index in [1.54, 1.807) is 23.1 Å². The molecule has 0 radical (unpaired) electrons. The van der Waals surface area contributed by atoms with Crippen LogP contribution >= 0.6 is 0 Å². The van der Waals surface area contributed by atoms with Crippen LogP contribution in [-0.4, -0.2) is 53.2 Å². The molecule has 1 aliphatic heterocycles. The Hall–Kier alpha value is -2.84. The molecule has 1 fully saturated rings. The van der Waals surface area contributed by atoms with Gasteiger partial charge in [-0.3, -0.25) is 10.1 Å². The molecule has 1 saturated heterocycles. The van der Waals surface area contributed by atoms with Gasteiger partial charge >= 0.3 is 6.09 Å². The maximum Gasteiger partial charge on any atom is 0.410 e. The van der Waals surface area contributed by atoms with Crippen LogP contribution in [0.4, 0.5) is 10.5 Å². The minimum atomic E-state index is -0.517. The average molecular weight is 377 g/mol. The molecule has 0 aliphatic carbocycles. The smallest absolute Gasteiger partial charge is 0.410 e. The van der Waals surface area contributed by atoms with E-state index in [2.05, 4.69) is 15.6 Å². The van der Waals surface area contributed by atoms with E-state index in [0.717, 1.165) is 0 Å². The second kappa shape index (κ2) is 8.70. The summed E-state index contributed by atoms with van der Waals surface area (Å²) in [6.45, 7) is 9.32.